The van der Waals surface area contributed by atoms with Crippen LogP contribution in [0.15, 0.2) is 18.2 Å². The number of piperidine rings is 1. The van der Waals surface area contributed by atoms with Gasteiger partial charge in [-0.05, 0) is 55.6 Å². The topological polar surface area (TPSA) is 105 Å². The number of rotatable bonds is 3. The summed E-state index contributed by atoms with van der Waals surface area (Å²) >= 11 is 0. The normalized spacial score (nSPS) is 15.9. The first kappa shape index (κ1) is 17.1. The monoisotopic (exact) mass is 340 g/mol. The second-order valence-corrected chi connectivity index (χ2v) is 6.56. The number of likely N-dealkylation sites (tertiary alicyclic amines) is 1. The standard InChI is InChI=1S/C18H21FN6/c1-11-4-6-25(7-5-11)10-12-8-13(19)2-3-14(12)16-15(9-20)17(21)24-18(22)23-16/h2-3,8,11H,4-7,10H2,1H3,(H4,21,22,23,24). The van der Waals surface area contributed by atoms with E-state index >= 15 is 0 Å². The Morgan fingerprint density at radius 2 is 2.00 bits per heavy atom. The predicted molar refractivity (Wildman–Crippen MR) is 94.6 cm³/mol. The van der Waals surface area contributed by atoms with Gasteiger partial charge in [0.2, 0.25) is 5.95 Å². The van der Waals surface area contributed by atoms with Crippen molar-refractivity contribution < 1.29 is 4.39 Å². The molecule has 25 heavy (non-hydrogen) atoms. The van der Waals surface area contributed by atoms with Crippen LogP contribution in [-0.4, -0.2) is 28.0 Å². The van der Waals surface area contributed by atoms with E-state index in [-0.39, 0.29) is 23.1 Å². The van der Waals surface area contributed by atoms with Crippen molar-refractivity contribution in [1.29, 1.82) is 5.26 Å². The lowest BCUT2D eigenvalue weighted by atomic mass is 9.96. The first-order valence-corrected chi connectivity index (χ1v) is 8.32. The van der Waals surface area contributed by atoms with Gasteiger partial charge < -0.3 is 11.5 Å². The van der Waals surface area contributed by atoms with E-state index in [9.17, 15) is 9.65 Å². The summed E-state index contributed by atoms with van der Waals surface area (Å²) in [5.41, 5.74) is 13.5. The third kappa shape index (κ3) is 3.69. The van der Waals surface area contributed by atoms with Gasteiger partial charge in [0, 0.05) is 12.1 Å². The molecule has 4 N–H and O–H groups in total. The second-order valence-electron chi connectivity index (χ2n) is 6.56. The van der Waals surface area contributed by atoms with Crippen LogP contribution in [0.2, 0.25) is 0 Å². The van der Waals surface area contributed by atoms with E-state index in [4.69, 9.17) is 11.5 Å². The van der Waals surface area contributed by atoms with Gasteiger partial charge in [-0.2, -0.15) is 10.2 Å². The van der Waals surface area contributed by atoms with E-state index in [0.29, 0.717) is 17.8 Å². The molecule has 0 unspecified atom stereocenters. The Bertz CT molecular complexity index is 821. The Hall–Kier alpha value is -2.72. The molecule has 2 aromatic rings. The molecule has 0 saturated carbocycles. The number of hydrogen-bond donors (Lipinski definition) is 2. The summed E-state index contributed by atoms with van der Waals surface area (Å²) in [4.78, 5) is 10.3. The first-order valence-electron chi connectivity index (χ1n) is 8.32. The Morgan fingerprint density at radius 3 is 2.68 bits per heavy atom. The fourth-order valence-corrected chi connectivity index (χ4v) is 3.19. The summed E-state index contributed by atoms with van der Waals surface area (Å²) in [5.74, 6) is 0.424. The molecule has 3 rings (SSSR count). The number of nitrogens with zero attached hydrogens (tertiary/aromatic N) is 4. The first-order chi connectivity index (χ1) is 12.0. The number of hydrogen-bond acceptors (Lipinski definition) is 6. The van der Waals surface area contributed by atoms with Crippen LogP contribution in [0.5, 0.6) is 0 Å². The molecule has 0 radical (unpaired) electrons. The number of nitrogens with two attached hydrogens (primary N) is 2. The lowest BCUT2D eigenvalue weighted by molar-refractivity contribution is 0.185. The van der Waals surface area contributed by atoms with Gasteiger partial charge in [0.1, 0.15) is 23.3 Å². The van der Waals surface area contributed by atoms with Gasteiger partial charge >= 0.3 is 0 Å². The van der Waals surface area contributed by atoms with Gasteiger partial charge in [0.15, 0.2) is 0 Å². The van der Waals surface area contributed by atoms with Crippen LogP contribution in [0.25, 0.3) is 11.3 Å². The van der Waals surface area contributed by atoms with Crippen LogP contribution in [0.3, 0.4) is 0 Å². The third-order valence-electron chi connectivity index (χ3n) is 4.66. The molecule has 0 atom stereocenters. The van der Waals surface area contributed by atoms with Crippen LogP contribution in [0.4, 0.5) is 16.2 Å². The maximum atomic E-state index is 13.9. The molecule has 0 spiro atoms. The Balaban J connectivity index is 2.02. The SMILES string of the molecule is CC1CCN(Cc2cc(F)ccc2-c2nc(N)nc(N)c2C#N)CC1. The van der Waals surface area contributed by atoms with Crippen LogP contribution in [0, 0.1) is 23.1 Å². The Labute approximate surface area is 146 Å². The molecule has 1 aromatic heterocycles. The van der Waals surface area contributed by atoms with Gasteiger partial charge in [-0.25, -0.2) is 9.37 Å². The molecule has 1 aliphatic rings. The maximum Gasteiger partial charge on any atom is 0.222 e. The average Bonchev–Trinajstić information content (AvgIpc) is 2.56. The molecule has 1 aliphatic heterocycles. The highest BCUT2D eigenvalue weighted by molar-refractivity contribution is 5.75. The Kier molecular flexibility index (Phi) is 4.81. The number of aromatic nitrogens is 2. The summed E-state index contributed by atoms with van der Waals surface area (Å²) in [6.45, 7) is 4.78. The van der Waals surface area contributed by atoms with Crippen molar-refractivity contribution in [2.75, 3.05) is 24.6 Å². The molecule has 7 heteroatoms. The molecule has 6 nitrogen and oxygen atoms in total. The van der Waals surface area contributed by atoms with Crippen molar-refractivity contribution in [3.63, 3.8) is 0 Å². The molecule has 2 heterocycles. The van der Waals surface area contributed by atoms with Crippen molar-refractivity contribution in [3.8, 4) is 17.3 Å². The largest absolute Gasteiger partial charge is 0.382 e. The van der Waals surface area contributed by atoms with Crippen LogP contribution < -0.4 is 11.5 Å². The van der Waals surface area contributed by atoms with E-state index in [1.165, 1.54) is 12.1 Å². The third-order valence-corrected chi connectivity index (χ3v) is 4.66. The molecule has 1 saturated heterocycles. The number of halogens is 1. The summed E-state index contributed by atoms with van der Waals surface area (Å²) in [6, 6.07) is 6.50. The van der Waals surface area contributed by atoms with Crippen molar-refractivity contribution >= 4 is 11.8 Å². The zero-order chi connectivity index (χ0) is 18.0. The minimum Gasteiger partial charge on any atom is -0.382 e. The quantitative estimate of drug-likeness (QED) is 0.889. The van der Waals surface area contributed by atoms with Crippen molar-refractivity contribution in [2.45, 2.75) is 26.3 Å². The number of anilines is 2. The number of benzene rings is 1. The molecule has 1 aromatic carbocycles. The zero-order valence-electron chi connectivity index (χ0n) is 14.2. The van der Waals surface area contributed by atoms with Crippen LogP contribution in [0.1, 0.15) is 30.9 Å². The van der Waals surface area contributed by atoms with E-state index in [2.05, 4.69) is 21.8 Å². The van der Waals surface area contributed by atoms with E-state index in [1.54, 1.807) is 6.07 Å². The Morgan fingerprint density at radius 1 is 1.28 bits per heavy atom. The van der Waals surface area contributed by atoms with E-state index in [0.717, 1.165) is 37.4 Å². The van der Waals surface area contributed by atoms with Gasteiger partial charge in [0.05, 0.1) is 5.69 Å². The fraction of sp³-hybridized carbons (Fsp3) is 0.389. The highest BCUT2D eigenvalue weighted by Gasteiger charge is 2.20. The number of nitrogen functional groups attached to an aromatic ring is 2. The zero-order valence-corrected chi connectivity index (χ0v) is 14.2. The highest BCUT2D eigenvalue weighted by Crippen LogP contribution is 2.30. The maximum absolute atomic E-state index is 13.9. The summed E-state index contributed by atoms with van der Waals surface area (Å²) in [5, 5.41) is 9.41. The smallest absolute Gasteiger partial charge is 0.222 e. The van der Waals surface area contributed by atoms with Gasteiger partial charge in [-0.3, -0.25) is 4.90 Å². The van der Waals surface area contributed by atoms with Crippen molar-refractivity contribution in [2.24, 2.45) is 5.92 Å². The summed E-state index contributed by atoms with van der Waals surface area (Å²) in [7, 11) is 0. The molecule has 0 amide bonds. The fourth-order valence-electron chi connectivity index (χ4n) is 3.19. The molecular formula is C18H21FN6. The lowest BCUT2D eigenvalue weighted by Crippen LogP contribution is -2.32. The second kappa shape index (κ2) is 7.03. The van der Waals surface area contributed by atoms with Crippen LogP contribution >= 0.6 is 0 Å². The summed E-state index contributed by atoms with van der Waals surface area (Å²) < 4.78 is 13.9. The van der Waals surface area contributed by atoms with E-state index in [1.807, 2.05) is 6.07 Å². The molecule has 0 aliphatic carbocycles. The average molecular weight is 340 g/mol. The molecule has 130 valence electrons. The van der Waals surface area contributed by atoms with Gasteiger partial charge in [-0.15, -0.1) is 0 Å². The lowest BCUT2D eigenvalue weighted by Gasteiger charge is -2.30. The van der Waals surface area contributed by atoms with Crippen molar-refractivity contribution in [3.05, 3.63) is 35.1 Å². The molecule has 0 bridgehead atoms. The minimum absolute atomic E-state index is 0.00595. The van der Waals surface area contributed by atoms with Crippen LogP contribution in [-0.2, 0) is 6.54 Å². The van der Waals surface area contributed by atoms with Gasteiger partial charge in [-0.1, -0.05) is 6.92 Å². The predicted octanol–water partition coefficient (Wildman–Crippen LogP) is 2.55. The highest BCUT2D eigenvalue weighted by atomic mass is 19.1. The van der Waals surface area contributed by atoms with E-state index < -0.39 is 0 Å². The summed E-state index contributed by atoms with van der Waals surface area (Å²) in [6.07, 6.45) is 2.25. The minimum atomic E-state index is -0.322. The van der Waals surface area contributed by atoms with Crippen molar-refractivity contribution in [1.82, 2.24) is 14.9 Å². The molecule has 1 fully saturated rings. The number of nitriles is 1. The van der Waals surface area contributed by atoms with Gasteiger partial charge in [0.25, 0.3) is 0 Å². The molecular weight excluding hydrogens is 319 g/mol.